The van der Waals surface area contributed by atoms with Crippen LogP contribution < -0.4 is 5.56 Å². The summed E-state index contributed by atoms with van der Waals surface area (Å²) in [5.41, 5.74) is 1.80. The normalized spacial score (nSPS) is 17.0. The summed E-state index contributed by atoms with van der Waals surface area (Å²) in [5.74, 6) is 1.44. The molecule has 22 heavy (non-hydrogen) atoms. The maximum atomic E-state index is 11.8. The fourth-order valence-electron chi connectivity index (χ4n) is 2.96. The fourth-order valence-corrected chi connectivity index (χ4v) is 2.96. The number of aromatic nitrogens is 3. The standard InChI is InChI=1S/C16H22N4O2/c1-12-3-4-16(21)20(17-12)10-14-5-7-19(8-6-14)11-15-9-13(2)18-22-15/h3-4,9,14H,5-8,10-11H2,1-2H3. The zero-order valence-electron chi connectivity index (χ0n) is 13.2. The maximum absolute atomic E-state index is 11.8. The van der Waals surface area contributed by atoms with E-state index >= 15 is 0 Å². The van der Waals surface area contributed by atoms with E-state index in [-0.39, 0.29) is 5.56 Å². The molecule has 0 aromatic carbocycles. The SMILES string of the molecule is Cc1cc(CN2CCC(Cn3nc(C)ccc3=O)CC2)on1. The van der Waals surface area contributed by atoms with Crippen LogP contribution in [0.4, 0.5) is 0 Å². The molecule has 6 nitrogen and oxygen atoms in total. The molecule has 6 heteroatoms. The fraction of sp³-hybridized carbons (Fsp3) is 0.562. The zero-order valence-corrected chi connectivity index (χ0v) is 13.2. The zero-order chi connectivity index (χ0) is 15.5. The molecule has 118 valence electrons. The summed E-state index contributed by atoms with van der Waals surface area (Å²) in [6.45, 7) is 7.42. The second-order valence-corrected chi connectivity index (χ2v) is 6.15. The lowest BCUT2D eigenvalue weighted by Crippen LogP contribution is -2.36. The third-order valence-electron chi connectivity index (χ3n) is 4.19. The van der Waals surface area contributed by atoms with Gasteiger partial charge in [-0.15, -0.1) is 0 Å². The highest BCUT2D eigenvalue weighted by atomic mass is 16.5. The topological polar surface area (TPSA) is 64.2 Å². The van der Waals surface area contributed by atoms with Crippen molar-refractivity contribution in [3.63, 3.8) is 0 Å². The lowest BCUT2D eigenvalue weighted by molar-refractivity contribution is 0.150. The first-order valence-electron chi connectivity index (χ1n) is 7.79. The van der Waals surface area contributed by atoms with Crippen LogP contribution in [-0.2, 0) is 13.1 Å². The Kier molecular flexibility index (Phi) is 4.38. The van der Waals surface area contributed by atoms with Crippen LogP contribution in [0.25, 0.3) is 0 Å². The smallest absolute Gasteiger partial charge is 0.266 e. The van der Waals surface area contributed by atoms with Crippen molar-refractivity contribution in [1.29, 1.82) is 0 Å². The van der Waals surface area contributed by atoms with E-state index in [1.54, 1.807) is 16.8 Å². The van der Waals surface area contributed by atoms with Crippen LogP contribution in [0.3, 0.4) is 0 Å². The molecule has 0 spiro atoms. The van der Waals surface area contributed by atoms with Crippen LogP contribution in [0.15, 0.2) is 27.5 Å². The molecule has 0 radical (unpaired) electrons. The maximum Gasteiger partial charge on any atom is 0.266 e. The molecule has 2 aromatic rings. The van der Waals surface area contributed by atoms with Gasteiger partial charge in [0.05, 0.1) is 17.9 Å². The van der Waals surface area contributed by atoms with Gasteiger partial charge in [0.2, 0.25) is 0 Å². The summed E-state index contributed by atoms with van der Waals surface area (Å²) in [5, 5.41) is 8.25. The van der Waals surface area contributed by atoms with Crippen LogP contribution >= 0.6 is 0 Å². The first kappa shape index (κ1) is 15.0. The van der Waals surface area contributed by atoms with Crippen molar-refractivity contribution in [3.8, 4) is 0 Å². The van der Waals surface area contributed by atoms with Gasteiger partial charge in [-0.1, -0.05) is 5.16 Å². The minimum atomic E-state index is -0.00911. The van der Waals surface area contributed by atoms with E-state index in [1.165, 1.54) is 0 Å². The van der Waals surface area contributed by atoms with Gasteiger partial charge in [0.15, 0.2) is 5.76 Å². The minimum Gasteiger partial charge on any atom is -0.360 e. The molecule has 0 saturated carbocycles. The number of piperidine rings is 1. The molecule has 0 aliphatic carbocycles. The Balaban J connectivity index is 1.53. The summed E-state index contributed by atoms with van der Waals surface area (Å²) in [7, 11) is 0. The number of hydrogen-bond donors (Lipinski definition) is 0. The summed E-state index contributed by atoms with van der Waals surface area (Å²) in [6.07, 6.45) is 2.16. The first-order valence-corrected chi connectivity index (χ1v) is 7.79. The van der Waals surface area contributed by atoms with Crippen LogP contribution in [-0.4, -0.2) is 32.9 Å². The second kappa shape index (κ2) is 6.44. The van der Waals surface area contributed by atoms with Crippen LogP contribution in [0.2, 0.25) is 0 Å². The Labute approximate surface area is 129 Å². The molecule has 3 rings (SSSR count). The Morgan fingerprint density at radius 3 is 2.68 bits per heavy atom. The number of aryl methyl sites for hydroxylation is 2. The van der Waals surface area contributed by atoms with Gasteiger partial charge in [-0.25, -0.2) is 4.68 Å². The molecule has 0 unspecified atom stereocenters. The predicted octanol–water partition coefficient (Wildman–Crippen LogP) is 1.76. The highest BCUT2D eigenvalue weighted by Gasteiger charge is 2.21. The second-order valence-electron chi connectivity index (χ2n) is 6.15. The first-order chi connectivity index (χ1) is 10.6. The molecule has 0 N–H and O–H groups in total. The molecule has 2 aromatic heterocycles. The van der Waals surface area contributed by atoms with E-state index in [9.17, 15) is 4.79 Å². The Hall–Kier alpha value is -1.95. The number of hydrogen-bond acceptors (Lipinski definition) is 5. The van der Waals surface area contributed by atoms with E-state index in [0.29, 0.717) is 5.92 Å². The van der Waals surface area contributed by atoms with Crippen molar-refractivity contribution >= 4 is 0 Å². The average molecular weight is 302 g/mol. The number of nitrogens with zero attached hydrogens (tertiary/aromatic N) is 4. The van der Waals surface area contributed by atoms with E-state index < -0.39 is 0 Å². The Morgan fingerprint density at radius 1 is 1.23 bits per heavy atom. The summed E-state index contributed by atoms with van der Waals surface area (Å²) in [4.78, 5) is 14.2. The molecular weight excluding hydrogens is 280 g/mol. The lowest BCUT2D eigenvalue weighted by atomic mass is 9.97. The van der Waals surface area contributed by atoms with Gasteiger partial charge in [0.1, 0.15) is 0 Å². The summed E-state index contributed by atoms with van der Waals surface area (Å²) in [6, 6.07) is 5.35. The largest absolute Gasteiger partial charge is 0.360 e. The van der Waals surface area contributed by atoms with E-state index in [1.807, 2.05) is 19.9 Å². The van der Waals surface area contributed by atoms with Gasteiger partial charge < -0.3 is 4.52 Å². The van der Waals surface area contributed by atoms with Crippen molar-refractivity contribution in [2.24, 2.45) is 5.92 Å². The van der Waals surface area contributed by atoms with Crippen molar-refractivity contribution in [2.45, 2.75) is 39.8 Å². The van der Waals surface area contributed by atoms with Gasteiger partial charge in [-0.05, 0) is 51.8 Å². The Morgan fingerprint density at radius 2 is 2.00 bits per heavy atom. The van der Waals surface area contributed by atoms with E-state index in [2.05, 4.69) is 15.2 Å². The molecule has 1 aliphatic heterocycles. The monoisotopic (exact) mass is 302 g/mol. The highest BCUT2D eigenvalue weighted by Crippen LogP contribution is 2.20. The van der Waals surface area contributed by atoms with Gasteiger partial charge in [-0.3, -0.25) is 9.69 Å². The quantitative estimate of drug-likeness (QED) is 0.861. The third kappa shape index (κ3) is 3.62. The van der Waals surface area contributed by atoms with Crippen molar-refractivity contribution in [2.75, 3.05) is 13.1 Å². The Bertz CT molecular complexity index is 683. The molecule has 0 amide bonds. The van der Waals surface area contributed by atoms with Gasteiger partial charge >= 0.3 is 0 Å². The van der Waals surface area contributed by atoms with Gasteiger partial charge in [-0.2, -0.15) is 5.10 Å². The van der Waals surface area contributed by atoms with Crippen molar-refractivity contribution in [1.82, 2.24) is 19.8 Å². The van der Waals surface area contributed by atoms with Crippen LogP contribution in [0, 0.1) is 19.8 Å². The summed E-state index contributed by atoms with van der Waals surface area (Å²) < 4.78 is 6.88. The third-order valence-corrected chi connectivity index (χ3v) is 4.19. The molecule has 1 aliphatic rings. The van der Waals surface area contributed by atoms with E-state index in [4.69, 9.17) is 4.52 Å². The molecule has 1 saturated heterocycles. The average Bonchev–Trinajstić information content (AvgIpc) is 2.90. The van der Waals surface area contributed by atoms with Gasteiger partial charge in [0, 0.05) is 18.7 Å². The number of likely N-dealkylation sites (tertiary alicyclic amines) is 1. The van der Waals surface area contributed by atoms with Gasteiger partial charge in [0.25, 0.3) is 5.56 Å². The predicted molar refractivity (Wildman–Crippen MR) is 82.5 cm³/mol. The van der Waals surface area contributed by atoms with Crippen molar-refractivity contribution < 1.29 is 4.52 Å². The molecule has 1 fully saturated rings. The van der Waals surface area contributed by atoms with E-state index in [0.717, 1.165) is 56.2 Å². The lowest BCUT2D eigenvalue weighted by Gasteiger charge is -2.31. The molecule has 3 heterocycles. The highest BCUT2D eigenvalue weighted by molar-refractivity contribution is 5.03. The molecule has 0 atom stereocenters. The number of rotatable bonds is 4. The minimum absolute atomic E-state index is 0.00911. The summed E-state index contributed by atoms with van der Waals surface area (Å²) >= 11 is 0. The van der Waals surface area contributed by atoms with Crippen LogP contribution in [0.1, 0.15) is 30.0 Å². The molecule has 0 bridgehead atoms. The molecular formula is C16H22N4O2. The van der Waals surface area contributed by atoms with Crippen LogP contribution in [0.5, 0.6) is 0 Å². The van der Waals surface area contributed by atoms with Crippen molar-refractivity contribution in [3.05, 3.63) is 45.7 Å².